The monoisotopic (exact) mass is 207 g/mol. The summed E-state index contributed by atoms with van der Waals surface area (Å²) in [6, 6.07) is 9.49. The predicted octanol–water partition coefficient (Wildman–Crippen LogP) is 1.27. The van der Waals surface area contributed by atoms with Gasteiger partial charge in [-0.3, -0.25) is 0 Å². The van der Waals surface area contributed by atoms with E-state index in [9.17, 15) is 0 Å². The molecule has 0 heterocycles. The summed E-state index contributed by atoms with van der Waals surface area (Å²) >= 11 is 0. The number of nitrogens with two attached hydrogens (primary N) is 1. The van der Waals surface area contributed by atoms with Crippen molar-refractivity contribution in [1.82, 2.24) is 0 Å². The second kappa shape index (κ2) is 3.89. The van der Waals surface area contributed by atoms with Crippen molar-refractivity contribution in [3.8, 4) is 0 Å². The Morgan fingerprint density at radius 2 is 1.50 bits per heavy atom. The van der Waals surface area contributed by atoms with Crippen LogP contribution in [0.1, 0.15) is 0 Å². The third-order valence-corrected chi connectivity index (χ3v) is 0.800. The van der Waals surface area contributed by atoms with Crippen molar-refractivity contribution in [2.75, 3.05) is 5.73 Å². The number of hydrogen-bond acceptors (Lipinski definition) is 1. The van der Waals surface area contributed by atoms with Gasteiger partial charge in [-0.25, -0.2) is 0 Å². The van der Waals surface area contributed by atoms with Gasteiger partial charge in [0.15, 0.2) is 0 Å². The molecule has 1 aromatic rings. The molecule has 1 nitrogen and oxygen atoms in total. The van der Waals surface area contributed by atoms with Gasteiger partial charge in [0.2, 0.25) is 0 Å². The van der Waals surface area contributed by atoms with E-state index >= 15 is 0 Å². The van der Waals surface area contributed by atoms with Crippen LogP contribution < -0.4 is 5.73 Å². The summed E-state index contributed by atoms with van der Waals surface area (Å²) in [7, 11) is 0. The van der Waals surface area contributed by atoms with Crippen LogP contribution in [0.5, 0.6) is 0 Å². The summed E-state index contributed by atoms with van der Waals surface area (Å²) in [5.74, 6) is 0. The fourth-order valence-corrected chi connectivity index (χ4v) is 0.453. The Kier molecular flexibility index (Phi) is 3.86. The Balaban J connectivity index is 0.000000490. The molecule has 0 atom stereocenters. The molecule has 0 radical (unpaired) electrons. The molecule has 2 heteroatoms. The van der Waals surface area contributed by atoms with E-state index in [2.05, 4.69) is 0 Å². The summed E-state index contributed by atoms with van der Waals surface area (Å²) in [6.07, 6.45) is 0. The average molecular weight is 206 g/mol. The Labute approximate surface area is 69.1 Å². The van der Waals surface area contributed by atoms with Crippen LogP contribution in [0.4, 0.5) is 5.69 Å². The Hall–Kier alpha value is -0.0579. The number of rotatable bonds is 0. The molecule has 1 rings (SSSR count). The fourth-order valence-electron chi connectivity index (χ4n) is 0.453. The fraction of sp³-hybridized carbons (Fsp3) is 0. The van der Waals surface area contributed by atoms with Gasteiger partial charge in [-0.05, 0) is 12.1 Å². The molecule has 0 spiro atoms. The van der Waals surface area contributed by atoms with E-state index in [-0.39, 0.29) is 27.3 Å². The van der Waals surface area contributed by atoms with E-state index in [1.807, 2.05) is 30.3 Å². The van der Waals surface area contributed by atoms with Crippen molar-refractivity contribution in [1.29, 1.82) is 0 Å². The molecule has 0 amide bonds. The van der Waals surface area contributed by atoms with Crippen LogP contribution in [0.15, 0.2) is 30.3 Å². The normalized spacial score (nSPS) is 7.50. The molecule has 0 saturated heterocycles. The first-order valence-electron chi connectivity index (χ1n) is 2.20. The smallest absolute Gasteiger partial charge is 0.399 e. The number of nitrogen functional groups attached to an aromatic ring is 1. The minimum atomic E-state index is 0. The van der Waals surface area contributed by atoms with Crippen LogP contribution in [0.3, 0.4) is 0 Å². The molecule has 0 aliphatic carbocycles. The number of anilines is 1. The molecule has 36 valence electrons. The molecular formula is C6H7CdN+2. The zero-order valence-electron chi connectivity index (χ0n) is 4.67. The molecular weight excluding hydrogens is 198 g/mol. The molecule has 0 bridgehead atoms. The second-order valence-corrected chi connectivity index (χ2v) is 1.41. The van der Waals surface area contributed by atoms with E-state index in [4.69, 9.17) is 5.73 Å². The quantitative estimate of drug-likeness (QED) is 0.501. The first-order chi connectivity index (χ1) is 3.39. The van der Waals surface area contributed by atoms with Crippen molar-refractivity contribution in [3.05, 3.63) is 30.3 Å². The van der Waals surface area contributed by atoms with E-state index < -0.39 is 0 Å². The summed E-state index contributed by atoms with van der Waals surface area (Å²) in [6.45, 7) is 0. The Bertz CT molecular complexity index is 138. The third-order valence-electron chi connectivity index (χ3n) is 0.800. The maximum Gasteiger partial charge on any atom is 2.00 e. The molecule has 0 aromatic heterocycles. The van der Waals surface area contributed by atoms with Crippen LogP contribution in [0.25, 0.3) is 0 Å². The maximum absolute atomic E-state index is 5.36. The summed E-state index contributed by atoms with van der Waals surface area (Å²) in [5, 5.41) is 0. The number of hydrogen-bond donors (Lipinski definition) is 1. The molecule has 0 unspecified atom stereocenters. The molecule has 0 fully saturated rings. The zero-order chi connectivity index (χ0) is 5.11. The van der Waals surface area contributed by atoms with Gasteiger partial charge in [0.25, 0.3) is 0 Å². The summed E-state index contributed by atoms with van der Waals surface area (Å²) in [4.78, 5) is 0. The average Bonchev–Trinajstić information content (AvgIpc) is 1.69. The van der Waals surface area contributed by atoms with Crippen molar-refractivity contribution in [2.24, 2.45) is 0 Å². The maximum atomic E-state index is 5.36. The van der Waals surface area contributed by atoms with Gasteiger partial charge in [-0.1, -0.05) is 18.2 Å². The minimum absolute atomic E-state index is 0. The third kappa shape index (κ3) is 2.30. The SMILES string of the molecule is Nc1ccccc1.[Cd+2]. The van der Waals surface area contributed by atoms with Crippen LogP contribution in [0.2, 0.25) is 0 Å². The van der Waals surface area contributed by atoms with Crippen molar-refractivity contribution in [3.63, 3.8) is 0 Å². The van der Waals surface area contributed by atoms with Crippen LogP contribution in [-0.4, -0.2) is 0 Å². The van der Waals surface area contributed by atoms with Crippen molar-refractivity contribution in [2.45, 2.75) is 0 Å². The van der Waals surface area contributed by atoms with E-state index in [1.54, 1.807) is 0 Å². The van der Waals surface area contributed by atoms with Crippen LogP contribution >= 0.6 is 0 Å². The van der Waals surface area contributed by atoms with E-state index in [0.717, 1.165) is 5.69 Å². The number of para-hydroxylation sites is 1. The zero-order valence-corrected chi connectivity index (χ0v) is 8.71. The van der Waals surface area contributed by atoms with Gasteiger partial charge in [-0.15, -0.1) is 0 Å². The van der Waals surface area contributed by atoms with E-state index in [0.29, 0.717) is 0 Å². The van der Waals surface area contributed by atoms with E-state index in [1.165, 1.54) is 0 Å². The van der Waals surface area contributed by atoms with Crippen LogP contribution in [0, 0.1) is 0 Å². The van der Waals surface area contributed by atoms with Crippen molar-refractivity contribution >= 4 is 5.69 Å². The van der Waals surface area contributed by atoms with Gasteiger partial charge >= 0.3 is 27.3 Å². The molecule has 0 aliphatic rings. The number of benzene rings is 1. The minimum Gasteiger partial charge on any atom is -0.399 e. The standard InChI is InChI=1S/C6H7N.Cd/c7-6-4-2-1-3-5-6;/h1-5H,7H2;/q;+2. The molecule has 1 aromatic carbocycles. The van der Waals surface area contributed by atoms with Gasteiger partial charge in [0.1, 0.15) is 0 Å². The Morgan fingerprint density at radius 3 is 1.75 bits per heavy atom. The molecule has 0 saturated carbocycles. The van der Waals surface area contributed by atoms with Gasteiger partial charge in [0.05, 0.1) is 0 Å². The summed E-state index contributed by atoms with van der Waals surface area (Å²) in [5.41, 5.74) is 6.18. The molecule has 8 heavy (non-hydrogen) atoms. The summed E-state index contributed by atoms with van der Waals surface area (Å²) < 4.78 is 0. The first kappa shape index (κ1) is 7.94. The molecule has 2 N–H and O–H groups in total. The second-order valence-electron chi connectivity index (χ2n) is 1.41. The largest absolute Gasteiger partial charge is 2.00 e. The van der Waals surface area contributed by atoms with Crippen LogP contribution in [-0.2, 0) is 27.3 Å². The predicted molar refractivity (Wildman–Crippen MR) is 30.9 cm³/mol. The van der Waals surface area contributed by atoms with Gasteiger partial charge in [-0.2, -0.15) is 0 Å². The van der Waals surface area contributed by atoms with Crippen molar-refractivity contribution < 1.29 is 27.3 Å². The molecule has 0 aliphatic heterocycles. The van der Waals surface area contributed by atoms with Gasteiger partial charge < -0.3 is 5.73 Å². The first-order valence-corrected chi connectivity index (χ1v) is 2.20. The van der Waals surface area contributed by atoms with Gasteiger partial charge in [0, 0.05) is 5.69 Å². The Morgan fingerprint density at radius 1 is 1.00 bits per heavy atom. The topological polar surface area (TPSA) is 26.0 Å².